The van der Waals surface area contributed by atoms with E-state index in [0.29, 0.717) is 0 Å². The minimum absolute atomic E-state index is 0.933. The molecule has 0 unspecified atom stereocenters. The maximum Gasteiger partial charge on any atom is 0.0481 e. The summed E-state index contributed by atoms with van der Waals surface area (Å²) in [6.07, 6.45) is 2.32. The third kappa shape index (κ3) is 3.54. The van der Waals surface area contributed by atoms with Gasteiger partial charge in [0, 0.05) is 10.6 Å². The summed E-state index contributed by atoms with van der Waals surface area (Å²) in [6, 6.07) is 16.9. The Morgan fingerprint density at radius 3 is 2.56 bits per heavy atom. The number of hydrogen-bond acceptors (Lipinski definition) is 2. The summed E-state index contributed by atoms with van der Waals surface area (Å²) in [5, 5.41) is 0. The molecular weight excluding hydrogens is 238 g/mol. The molecule has 0 saturated carbocycles. The molecule has 0 aliphatic carbocycles. The maximum absolute atomic E-state index is 6.06. The van der Waals surface area contributed by atoms with Crippen LogP contribution in [0.3, 0.4) is 0 Å². The lowest BCUT2D eigenvalue weighted by molar-refractivity contribution is 0.933. The van der Waals surface area contributed by atoms with E-state index in [0.717, 1.165) is 17.9 Å². The van der Waals surface area contributed by atoms with E-state index in [4.69, 9.17) is 5.73 Å². The highest BCUT2D eigenvalue weighted by atomic mass is 32.2. The average Bonchev–Trinajstić information content (AvgIpc) is 2.40. The Balaban J connectivity index is 1.81. The third-order valence-corrected chi connectivity index (χ3v) is 4.15. The van der Waals surface area contributed by atoms with Crippen LogP contribution >= 0.6 is 11.8 Å². The van der Waals surface area contributed by atoms with Crippen molar-refractivity contribution in [2.24, 2.45) is 0 Å². The van der Waals surface area contributed by atoms with Crippen molar-refractivity contribution in [2.45, 2.75) is 24.7 Å². The lowest BCUT2D eigenvalue weighted by Crippen LogP contribution is -1.93. The summed E-state index contributed by atoms with van der Waals surface area (Å²) in [4.78, 5) is 1.21. The summed E-state index contributed by atoms with van der Waals surface area (Å²) < 4.78 is 0. The lowest BCUT2D eigenvalue weighted by Gasteiger charge is -2.07. The molecule has 2 N–H and O–H groups in total. The number of benzene rings is 2. The number of para-hydroxylation sites is 1. The molecule has 0 fully saturated rings. The molecule has 0 atom stereocenters. The number of rotatable bonds is 5. The van der Waals surface area contributed by atoms with Crippen LogP contribution < -0.4 is 5.73 Å². The predicted molar refractivity (Wildman–Crippen MR) is 81.1 cm³/mol. The van der Waals surface area contributed by atoms with Gasteiger partial charge in [0.15, 0.2) is 0 Å². The van der Waals surface area contributed by atoms with Crippen LogP contribution in [0.4, 0.5) is 5.69 Å². The molecule has 1 nitrogen and oxygen atoms in total. The van der Waals surface area contributed by atoms with Gasteiger partial charge in [-0.05, 0) is 42.7 Å². The number of aryl methyl sites for hydroxylation is 2. The Bertz CT molecular complexity index is 494. The zero-order valence-corrected chi connectivity index (χ0v) is 11.5. The Kier molecular flexibility index (Phi) is 4.71. The standard InChI is InChI=1S/C16H19NS/c1-13-7-5-11-15(16(13)17)18-12-6-10-14-8-3-2-4-9-14/h2-5,7-9,11H,6,10,12,17H2,1H3. The van der Waals surface area contributed by atoms with Crippen LogP contribution in [-0.2, 0) is 6.42 Å². The van der Waals surface area contributed by atoms with Crippen LogP contribution in [0.25, 0.3) is 0 Å². The second kappa shape index (κ2) is 6.50. The van der Waals surface area contributed by atoms with E-state index >= 15 is 0 Å². The van der Waals surface area contributed by atoms with Crippen molar-refractivity contribution < 1.29 is 0 Å². The summed E-state index contributed by atoms with van der Waals surface area (Å²) in [5.41, 5.74) is 9.57. The van der Waals surface area contributed by atoms with Gasteiger partial charge >= 0.3 is 0 Å². The first-order chi connectivity index (χ1) is 8.77. The zero-order chi connectivity index (χ0) is 12.8. The third-order valence-electron chi connectivity index (χ3n) is 2.99. The molecule has 0 saturated heterocycles. The van der Waals surface area contributed by atoms with E-state index in [2.05, 4.69) is 55.5 Å². The second-order valence-corrected chi connectivity index (χ2v) is 5.56. The highest BCUT2D eigenvalue weighted by molar-refractivity contribution is 7.99. The van der Waals surface area contributed by atoms with E-state index in [-0.39, 0.29) is 0 Å². The number of nitrogen functional groups attached to an aromatic ring is 1. The molecular formula is C16H19NS. The fraction of sp³-hybridized carbons (Fsp3) is 0.250. The second-order valence-electron chi connectivity index (χ2n) is 4.42. The molecule has 0 spiro atoms. The van der Waals surface area contributed by atoms with Crippen LogP contribution in [0.15, 0.2) is 53.4 Å². The van der Waals surface area contributed by atoms with Crippen molar-refractivity contribution >= 4 is 17.4 Å². The van der Waals surface area contributed by atoms with Crippen LogP contribution in [0, 0.1) is 6.92 Å². The quantitative estimate of drug-likeness (QED) is 0.491. The first-order valence-corrected chi connectivity index (χ1v) is 7.28. The van der Waals surface area contributed by atoms with Gasteiger partial charge in [-0.2, -0.15) is 0 Å². The molecule has 0 aliphatic heterocycles. The number of thioether (sulfide) groups is 1. The van der Waals surface area contributed by atoms with Crippen molar-refractivity contribution in [1.82, 2.24) is 0 Å². The van der Waals surface area contributed by atoms with Gasteiger partial charge in [-0.3, -0.25) is 0 Å². The fourth-order valence-corrected chi connectivity index (χ4v) is 2.88. The Morgan fingerprint density at radius 2 is 1.78 bits per heavy atom. The molecule has 0 radical (unpaired) electrons. The van der Waals surface area contributed by atoms with Crippen molar-refractivity contribution in [2.75, 3.05) is 11.5 Å². The first kappa shape index (κ1) is 13.0. The highest BCUT2D eigenvalue weighted by Crippen LogP contribution is 2.28. The van der Waals surface area contributed by atoms with Crippen molar-refractivity contribution in [1.29, 1.82) is 0 Å². The molecule has 0 amide bonds. The van der Waals surface area contributed by atoms with Crippen molar-refractivity contribution in [3.8, 4) is 0 Å². The molecule has 2 rings (SSSR count). The summed E-state index contributed by atoms with van der Waals surface area (Å²) in [7, 11) is 0. The van der Waals surface area contributed by atoms with E-state index in [1.165, 1.54) is 22.4 Å². The first-order valence-electron chi connectivity index (χ1n) is 6.29. The molecule has 0 aromatic heterocycles. The molecule has 2 aromatic carbocycles. The fourth-order valence-electron chi connectivity index (χ4n) is 1.88. The van der Waals surface area contributed by atoms with Gasteiger partial charge in [-0.25, -0.2) is 0 Å². The Morgan fingerprint density at radius 1 is 1.00 bits per heavy atom. The van der Waals surface area contributed by atoms with Gasteiger partial charge in [0.25, 0.3) is 0 Å². The zero-order valence-electron chi connectivity index (χ0n) is 10.7. The monoisotopic (exact) mass is 257 g/mol. The van der Waals surface area contributed by atoms with Gasteiger partial charge in [0.05, 0.1) is 0 Å². The minimum Gasteiger partial charge on any atom is -0.398 e. The van der Waals surface area contributed by atoms with Gasteiger partial charge in [-0.1, -0.05) is 42.5 Å². The number of nitrogens with two attached hydrogens (primary N) is 1. The smallest absolute Gasteiger partial charge is 0.0481 e. The predicted octanol–water partition coefficient (Wildman–Crippen LogP) is 4.30. The Labute approximate surface area is 113 Å². The highest BCUT2D eigenvalue weighted by Gasteiger charge is 2.01. The van der Waals surface area contributed by atoms with E-state index < -0.39 is 0 Å². The molecule has 2 heteroatoms. The summed E-state index contributed by atoms with van der Waals surface area (Å²) >= 11 is 1.86. The van der Waals surface area contributed by atoms with Crippen LogP contribution in [-0.4, -0.2) is 5.75 Å². The van der Waals surface area contributed by atoms with Crippen molar-refractivity contribution in [3.63, 3.8) is 0 Å². The molecule has 94 valence electrons. The van der Waals surface area contributed by atoms with Crippen molar-refractivity contribution in [3.05, 3.63) is 59.7 Å². The maximum atomic E-state index is 6.06. The normalized spacial score (nSPS) is 10.5. The number of hydrogen-bond donors (Lipinski definition) is 1. The topological polar surface area (TPSA) is 26.0 Å². The van der Waals surface area contributed by atoms with E-state index in [9.17, 15) is 0 Å². The molecule has 18 heavy (non-hydrogen) atoms. The van der Waals surface area contributed by atoms with Crippen LogP contribution in [0.1, 0.15) is 17.5 Å². The minimum atomic E-state index is 0.933. The van der Waals surface area contributed by atoms with Gasteiger partial charge in [0.2, 0.25) is 0 Å². The number of anilines is 1. The largest absolute Gasteiger partial charge is 0.398 e. The van der Waals surface area contributed by atoms with Gasteiger partial charge in [0.1, 0.15) is 0 Å². The van der Waals surface area contributed by atoms with E-state index in [1.807, 2.05) is 11.8 Å². The average molecular weight is 257 g/mol. The summed E-state index contributed by atoms with van der Waals surface area (Å²) in [6.45, 7) is 2.06. The summed E-state index contributed by atoms with van der Waals surface area (Å²) in [5.74, 6) is 1.11. The lowest BCUT2D eigenvalue weighted by atomic mass is 10.1. The van der Waals surface area contributed by atoms with Gasteiger partial charge < -0.3 is 5.73 Å². The molecule has 2 aromatic rings. The van der Waals surface area contributed by atoms with E-state index in [1.54, 1.807) is 0 Å². The molecule has 0 aliphatic rings. The SMILES string of the molecule is Cc1cccc(SCCCc2ccccc2)c1N. The molecule has 0 bridgehead atoms. The van der Waals surface area contributed by atoms with Crippen LogP contribution in [0.5, 0.6) is 0 Å². The Hall–Kier alpha value is -1.41. The molecule has 0 heterocycles. The van der Waals surface area contributed by atoms with Crippen LogP contribution in [0.2, 0.25) is 0 Å². The van der Waals surface area contributed by atoms with Gasteiger partial charge in [-0.15, -0.1) is 11.8 Å².